The van der Waals surface area contributed by atoms with Gasteiger partial charge in [0.25, 0.3) is 0 Å². The molecule has 0 saturated heterocycles. The number of aromatic nitrogens is 1. The summed E-state index contributed by atoms with van der Waals surface area (Å²) in [6, 6.07) is 5.87. The third kappa shape index (κ3) is 5.61. The highest BCUT2D eigenvalue weighted by molar-refractivity contribution is 6.88. The fourth-order valence-electron chi connectivity index (χ4n) is 3.28. The molecule has 29 heavy (non-hydrogen) atoms. The predicted molar refractivity (Wildman–Crippen MR) is 129 cm³/mol. The Balaban J connectivity index is 2.29. The lowest BCUT2D eigenvalue weighted by atomic mass is 10.1. The van der Waals surface area contributed by atoms with Crippen LogP contribution in [-0.2, 0) is 15.6 Å². The fraction of sp³-hybridized carbons (Fsp3) is 0.609. The van der Waals surface area contributed by atoms with Gasteiger partial charge in [0.2, 0.25) is 0 Å². The highest BCUT2D eigenvalue weighted by atomic mass is 28.4. The molecular formula is C23H39NO3Si2. The average molecular weight is 434 g/mol. The van der Waals surface area contributed by atoms with Gasteiger partial charge in [-0.3, -0.25) is 0 Å². The van der Waals surface area contributed by atoms with E-state index in [0.29, 0.717) is 12.2 Å². The van der Waals surface area contributed by atoms with Crippen LogP contribution in [0.15, 0.2) is 18.2 Å². The van der Waals surface area contributed by atoms with E-state index in [-0.39, 0.29) is 11.0 Å². The lowest BCUT2D eigenvalue weighted by molar-refractivity contribution is 0.0526. The van der Waals surface area contributed by atoms with Crippen LogP contribution in [0, 0.1) is 0 Å². The van der Waals surface area contributed by atoms with Gasteiger partial charge in [-0.1, -0.05) is 40.4 Å². The SMILES string of the molecule is CCOC(=O)c1ccc2[nH]c([Si](C)(C)C)c(CCCO[Si](C)(C)C(C)(C)C)c2c1. The molecule has 0 aliphatic rings. The van der Waals surface area contributed by atoms with Crippen molar-refractivity contribution in [2.45, 2.75) is 78.3 Å². The van der Waals surface area contributed by atoms with Gasteiger partial charge in [-0.15, -0.1) is 0 Å². The van der Waals surface area contributed by atoms with Crippen LogP contribution in [0.1, 0.15) is 50.0 Å². The Morgan fingerprint density at radius 1 is 1.10 bits per heavy atom. The molecule has 0 fully saturated rings. The average Bonchev–Trinajstić information content (AvgIpc) is 2.96. The van der Waals surface area contributed by atoms with Crippen LogP contribution in [0.4, 0.5) is 0 Å². The Kier molecular flexibility index (Phi) is 7.23. The number of H-pyrrole nitrogens is 1. The van der Waals surface area contributed by atoms with E-state index in [1.54, 1.807) is 0 Å². The number of ether oxygens (including phenoxy) is 1. The molecule has 0 bridgehead atoms. The van der Waals surface area contributed by atoms with Crippen molar-refractivity contribution in [3.63, 3.8) is 0 Å². The first kappa shape index (κ1) is 23.9. The molecular weight excluding hydrogens is 394 g/mol. The Bertz CT molecular complexity index is 857. The smallest absolute Gasteiger partial charge is 0.338 e. The molecule has 0 radical (unpaired) electrons. The highest BCUT2D eigenvalue weighted by Crippen LogP contribution is 2.36. The van der Waals surface area contributed by atoms with Gasteiger partial charge in [0.1, 0.15) is 0 Å². The van der Waals surface area contributed by atoms with Crippen LogP contribution in [0.2, 0.25) is 37.8 Å². The first-order valence-electron chi connectivity index (χ1n) is 10.7. The molecule has 6 heteroatoms. The van der Waals surface area contributed by atoms with E-state index in [1.807, 2.05) is 25.1 Å². The summed E-state index contributed by atoms with van der Waals surface area (Å²) in [5.41, 5.74) is 3.08. The number of hydrogen-bond acceptors (Lipinski definition) is 3. The second-order valence-corrected chi connectivity index (χ2v) is 20.2. The minimum atomic E-state index is -1.72. The maximum absolute atomic E-state index is 12.2. The van der Waals surface area contributed by atoms with Gasteiger partial charge in [0, 0.05) is 22.8 Å². The number of esters is 1. The van der Waals surface area contributed by atoms with Gasteiger partial charge < -0.3 is 14.1 Å². The quantitative estimate of drug-likeness (QED) is 0.323. The number of aromatic amines is 1. The molecule has 1 aromatic heterocycles. The molecule has 2 rings (SSSR count). The number of nitrogens with one attached hydrogen (secondary N) is 1. The Morgan fingerprint density at radius 3 is 2.31 bits per heavy atom. The third-order valence-electron chi connectivity index (χ3n) is 6.01. The van der Waals surface area contributed by atoms with Crippen LogP contribution in [0.25, 0.3) is 10.9 Å². The zero-order valence-electron chi connectivity index (χ0n) is 19.8. The largest absolute Gasteiger partial charge is 0.462 e. The molecule has 0 unspecified atom stereocenters. The summed E-state index contributed by atoms with van der Waals surface area (Å²) in [4.78, 5) is 15.9. The van der Waals surface area contributed by atoms with E-state index in [4.69, 9.17) is 9.16 Å². The van der Waals surface area contributed by atoms with Crippen molar-refractivity contribution in [3.8, 4) is 0 Å². The highest BCUT2D eigenvalue weighted by Gasteiger charge is 2.36. The van der Waals surface area contributed by atoms with E-state index in [1.165, 1.54) is 10.9 Å². The summed E-state index contributed by atoms with van der Waals surface area (Å²) in [5.74, 6) is -0.252. The molecule has 1 N–H and O–H groups in total. The topological polar surface area (TPSA) is 51.3 Å². The molecule has 2 aromatic rings. The van der Waals surface area contributed by atoms with Crippen LogP contribution in [0.5, 0.6) is 0 Å². The number of rotatable bonds is 8. The van der Waals surface area contributed by atoms with Gasteiger partial charge in [-0.2, -0.15) is 0 Å². The van der Waals surface area contributed by atoms with Crippen LogP contribution >= 0.6 is 0 Å². The van der Waals surface area contributed by atoms with Gasteiger partial charge in [-0.25, -0.2) is 4.79 Å². The molecule has 0 aliphatic heterocycles. The van der Waals surface area contributed by atoms with Crippen LogP contribution in [0.3, 0.4) is 0 Å². The van der Waals surface area contributed by atoms with Crippen molar-refractivity contribution < 1.29 is 14.0 Å². The maximum atomic E-state index is 12.2. The predicted octanol–water partition coefficient (Wildman–Crippen LogP) is 5.84. The Hall–Kier alpha value is -1.38. The Morgan fingerprint density at radius 2 is 1.76 bits per heavy atom. The zero-order valence-corrected chi connectivity index (χ0v) is 21.8. The number of hydrogen-bond donors (Lipinski definition) is 1. The van der Waals surface area contributed by atoms with Gasteiger partial charge >= 0.3 is 5.97 Å². The van der Waals surface area contributed by atoms with Gasteiger partial charge in [0.15, 0.2) is 8.32 Å². The van der Waals surface area contributed by atoms with Crippen molar-refractivity contribution in [3.05, 3.63) is 29.3 Å². The number of fused-ring (bicyclic) bond motifs is 1. The summed E-state index contributed by atoms with van der Waals surface area (Å²) in [6.07, 6.45) is 1.95. The zero-order chi connectivity index (χ0) is 22.0. The molecule has 0 aliphatic carbocycles. The first-order chi connectivity index (χ1) is 13.3. The van der Waals surface area contributed by atoms with Crippen LogP contribution in [-0.4, -0.2) is 40.6 Å². The van der Waals surface area contributed by atoms with E-state index in [0.717, 1.165) is 30.4 Å². The van der Waals surface area contributed by atoms with E-state index in [9.17, 15) is 4.79 Å². The number of aryl methyl sites for hydroxylation is 1. The van der Waals surface area contributed by atoms with Gasteiger partial charge in [-0.05, 0) is 61.7 Å². The normalized spacial score (nSPS) is 13.1. The third-order valence-corrected chi connectivity index (χ3v) is 12.5. The lowest BCUT2D eigenvalue weighted by Gasteiger charge is -2.36. The minimum absolute atomic E-state index is 0.228. The molecule has 0 saturated carbocycles. The van der Waals surface area contributed by atoms with Crippen molar-refractivity contribution in [2.75, 3.05) is 13.2 Å². The number of carbonyl (C=O) groups is 1. The number of carbonyl (C=O) groups excluding carboxylic acids is 1. The van der Waals surface area contributed by atoms with Crippen molar-refractivity contribution in [1.29, 1.82) is 0 Å². The lowest BCUT2D eigenvalue weighted by Crippen LogP contribution is -2.42. The molecule has 1 aromatic carbocycles. The van der Waals surface area contributed by atoms with Crippen molar-refractivity contribution in [2.24, 2.45) is 0 Å². The summed E-state index contributed by atoms with van der Waals surface area (Å²) in [5, 5.41) is 2.76. The molecule has 0 amide bonds. The van der Waals surface area contributed by atoms with Crippen molar-refractivity contribution in [1.82, 2.24) is 4.98 Å². The van der Waals surface area contributed by atoms with E-state index >= 15 is 0 Å². The van der Waals surface area contributed by atoms with E-state index < -0.39 is 16.4 Å². The van der Waals surface area contributed by atoms with Crippen molar-refractivity contribution >= 4 is 38.6 Å². The summed E-state index contributed by atoms with van der Waals surface area (Å²) >= 11 is 0. The Labute approximate surface area is 178 Å². The second kappa shape index (κ2) is 8.78. The molecule has 162 valence electrons. The molecule has 1 heterocycles. The van der Waals surface area contributed by atoms with Gasteiger partial charge in [0.05, 0.1) is 20.2 Å². The molecule has 0 atom stereocenters. The molecule has 0 spiro atoms. The van der Waals surface area contributed by atoms with E-state index in [2.05, 4.69) is 58.5 Å². The fourth-order valence-corrected chi connectivity index (χ4v) is 6.04. The maximum Gasteiger partial charge on any atom is 0.338 e. The number of benzene rings is 1. The molecule has 4 nitrogen and oxygen atoms in total. The first-order valence-corrected chi connectivity index (χ1v) is 17.1. The van der Waals surface area contributed by atoms with Crippen LogP contribution < -0.4 is 5.32 Å². The minimum Gasteiger partial charge on any atom is -0.462 e. The summed E-state index contributed by atoms with van der Waals surface area (Å²) in [6.45, 7) is 21.5. The summed E-state index contributed by atoms with van der Waals surface area (Å²) in [7, 11) is -3.28. The summed E-state index contributed by atoms with van der Waals surface area (Å²) < 4.78 is 11.6. The standard InChI is InChI=1S/C23H39NO3Si2/c1-10-26-22(25)17-13-14-20-19(16-17)18(21(24-20)28(5,6)7)12-11-15-27-29(8,9)23(2,3)4/h13-14,16,24H,10-12,15H2,1-9H3. The second-order valence-electron chi connectivity index (χ2n) is 10.4. The monoisotopic (exact) mass is 433 g/mol.